The highest BCUT2D eigenvalue weighted by Crippen LogP contribution is 2.42. The number of hydrogen-bond donors (Lipinski definition) is 1. The van der Waals surface area contributed by atoms with Crippen LogP contribution in [0.15, 0.2) is 59.0 Å². The first kappa shape index (κ1) is 26.6. The van der Waals surface area contributed by atoms with Gasteiger partial charge in [0, 0.05) is 61.3 Å². The van der Waals surface area contributed by atoms with E-state index in [9.17, 15) is 24.3 Å². The van der Waals surface area contributed by atoms with Gasteiger partial charge in [-0.15, -0.1) is 5.06 Å². The third-order valence-corrected chi connectivity index (χ3v) is 6.85. The molecule has 0 aromatic heterocycles. The van der Waals surface area contributed by atoms with E-state index in [2.05, 4.69) is 0 Å². The van der Waals surface area contributed by atoms with Crippen LogP contribution < -0.4 is 14.8 Å². The molecule has 2 aliphatic heterocycles. The lowest BCUT2D eigenvalue weighted by Gasteiger charge is -2.19. The molecule has 0 saturated carbocycles. The minimum Gasteiger partial charge on any atom is -0.478 e. The van der Waals surface area contributed by atoms with Gasteiger partial charge in [-0.2, -0.15) is 0 Å². The number of imide groups is 1. The number of carbonyl (C=O) groups is 4. The zero-order valence-corrected chi connectivity index (χ0v) is 22.6. The summed E-state index contributed by atoms with van der Waals surface area (Å²) in [5.41, 5.74) is 3.74. The number of amides is 2. The molecule has 1 saturated heterocycles. The number of benzene rings is 3. The molecule has 0 unspecified atom stereocenters. The van der Waals surface area contributed by atoms with Gasteiger partial charge in [0.1, 0.15) is 25.4 Å². The van der Waals surface area contributed by atoms with E-state index in [0.29, 0.717) is 33.1 Å². The lowest BCUT2D eigenvalue weighted by molar-refractivity contribution is -0.197. The van der Waals surface area contributed by atoms with E-state index in [4.69, 9.17) is 9.25 Å². The number of anilines is 1. The number of carboxylic acids is 1. The van der Waals surface area contributed by atoms with Crippen molar-refractivity contribution in [3.63, 3.8) is 0 Å². The molecule has 1 aliphatic carbocycles. The van der Waals surface area contributed by atoms with Gasteiger partial charge >= 0.3 is 11.9 Å². The number of aromatic carboxylic acids is 1. The second kappa shape index (κ2) is 10.3. The molecule has 3 aliphatic rings. The molecule has 2 aromatic carbocycles. The van der Waals surface area contributed by atoms with Crippen molar-refractivity contribution in [2.24, 2.45) is 0 Å². The van der Waals surface area contributed by atoms with E-state index >= 15 is 0 Å². The Bertz CT molecular complexity index is 1730. The predicted octanol–water partition coefficient (Wildman–Crippen LogP) is 3.15. The van der Waals surface area contributed by atoms with Crippen molar-refractivity contribution in [1.82, 2.24) is 9.64 Å². The molecular formula is C30H28N3O7+. The van der Waals surface area contributed by atoms with Gasteiger partial charge in [-0.1, -0.05) is 12.1 Å². The van der Waals surface area contributed by atoms with E-state index in [1.807, 2.05) is 74.1 Å². The number of fused-ring (bicyclic) bond motifs is 2. The zero-order chi connectivity index (χ0) is 28.7. The Morgan fingerprint density at radius 3 is 2.33 bits per heavy atom. The first-order chi connectivity index (χ1) is 19.0. The highest BCUT2D eigenvalue weighted by molar-refractivity contribution is 6.08. The number of nitrogens with zero attached hydrogens (tertiary/aromatic N) is 3. The molecular weight excluding hydrogens is 514 g/mol. The summed E-state index contributed by atoms with van der Waals surface area (Å²) in [5, 5.41) is 12.3. The standard InChI is InChI=1S/C30H27N3O7/c1-31(2)18-6-9-21-24(15-18)39-25-16-19(32(3)4)7-10-22(25)29(21)20-8-5-17(13-23(20)30(37)38)14-28(36)40-33-26(34)11-12-27(33)35/h5-10,13,15-16H,11-12,14H2,1-4H3/p+1. The van der Waals surface area contributed by atoms with Crippen molar-refractivity contribution in [2.45, 2.75) is 19.3 Å². The van der Waals surface area contributed by atoms with Crippen LogP contribution >= 0.6 is 0 Å². The van der Waals surface area contributed by atoms with Crippen LogP contribution in [-0.2, 0) is 25.6 Å². The minimum atomic E-state index is -1.17. The summed E-state index contributed by atoms with van der Waals surface area (Å²) < 4.78 is 8.28. The van der Waals surface area contributed by atoms with Crippen molar-refractivity contribution in [3.05, 3.63) is 71.1 Å². The third kappa shape index (κ3) is 4.91. The monoisotopic (exact) mass is 542 g/mol. The number of carboxylic acid groups (broad SMARTS) is 1. The molecule has 2 aromatic rings. The molecule has 2 amide bonds. The third-order valence-electron chi connectivity index (χ3n) is 6.85. The van der Waals surface area contributed by atoms with E-state index in [1.165, 1.54) is 6.07 Å². The largest absolute Gasteiger partial charge is 0.478 e. The molecule has 204 valence electrons. The molecule has 1 N–H and O–H groups in total. The predicted molar refractivity (Wildman–Crippen MR) is 148 cm³/mol. The fourth-order valence-corrected chi connectivity index (χ4v) is 4.77. The van der Waals surface area contributed by atoms with Gasteiger partial charge in [0.25, 0.3) is 11.8 Å². The fourth-order valence-electron chi connectivity index (χ4n) is 4.77. The average molecular weight is 543 g/mol. The Kier molecular flexibility index (Phi) is 6.85. The smallest absolute Gasteiger partial charge is 0.337 e. The van der Waals surface area contributed by atoms with Crippen LogP contribution in [0.2, 0.25) is 0 Å². The van der Waals surface area contributed by atoms with Crippen LogP contribution in [0.4, 0.5) is 5.69 Å². The maximum absolute atomic E-state index is 12.5. The summed E-state index contributed by atoms with van der Waals surface area (Å²) in [6.07, 6.45) is -0.343. The zero-order valence-electron chi connectivity index (χ0n) is 22.6. The van der Waals surface area contributed by atoms with Crippen LogP contribution in [-0.4, -0.2) is 62.1 Å². The highest BCUT2D eigenvalue weighted by atomic mass is 16.7. The van der Waals surface area contributed by atoms with Gasteiger partial charge in [-0.3, -0.25) is 9.59 Å². The van der Waals surface area contributed by atoms with Crippen molar-refractivity contribution in [1.29, 1.82) is 0 Å². The molecule has 10 heteroatoms. The lowest BCUT2D eigenvalue weighted by Crippen LogP contribution is -2.32. The topological polar surface area (TPSA) is 120 Å². The molecule has 0 radical (unpaired) electrons. The Morgan fingerprint density at radius 2 is 1.68 bits per heavy atom. The van der Waals surface area contributed by atoms with Crippen LogP contribution in [0, 0.1) is 0 Å². The summed E-state index contributed by atoms with van der Waals surface area (Å²) in [5.74, 6) is -2.58. The average Bonchev–Trinajstić information content (AvgIpc) is 3.23. The van der Waals surface area contributed by atoms with Gasteiger partial charge in [-0.25, -0.2) is 14.2 Å². The second-order valence-corrected chi connectivity index (χ2v) is 10.0. The summed E-state index contributed by atoms with van der Waals surface area (Å²) in [6, 6.07) is 16.2. The van der Waals surface area contributed by atoms with Crippen molar-refractivity contribution in [2.75, 3.05) is 33.1 Å². The molecule has 40 heavy (non-hydrogen) atoms. The summed E-state index contributed by atoms with van der Waals surface area (Å²) in [6.45, 7) is 0. The second-order valence-electron chi connectivity index (χ2n) is 10.0. The fraction of sp³-hybridized carbons (Fsp3) is 0.233. The minimum absolute atomic E-state index is 0.0126. The van der Waals surface area contributed by atoms with Crippen LogP contribution in [0.1, 0.15) is 28.8 Å². The Hall–Kier alpha value is -4.99. The van der Waals surface area contributed by atoms with Gasteiger partial charge in [0.05, 0.1) is 18.1 Å². The number of rotatable bonds is 6. The summed E-state index contributed by atoms with van der Waals surface area (Å²) in [7, 11) is 7.70. The summed E-state index contributed by atoms with van der Waals surface area (Å²) in [4.78, 5) is 55.5. The molecule has 10 nitrogen and oxygen atoms in total. The Balaban J connectivity index is 1.64. The first-order valence-corrected chi connectivity index (χ1v) is 12.6. The quantitative estimate of drug-likeness (QED) is 0.224. The van der Waals surface area contributed by atoms with Crippen molar-refractivity contribution < 1.29 is 33.5 Å². The molecule has 0 spiro atoms. The normalized spacial score (nSPS) is 13.2. The van der Waals surface area contributed by atoms with Gasteiger partial charge in [0.2, 0.25) is 5.36 Å². The van der Waals surface area contributed by atoms with Gasteiger partial charge < -0.3 is 19.3 Å². The van der Waals surface area contributed by atoms with Crippen molar-refractivity contribution >= 4 is 40.4 Å². The highest BCUT2D eigenvalue weighted by Gasteiger charge is 2.33. The summed E-state index contributed by atoms with van der Waals surface area (Å²) >= 11 is 0. The molecule has 5 rings (SSSR count). The van der Waals surface area contributed by atoms with Crippen molar-refractivity contribution in [3.8, 4) is 22.5 Å². The molecule has 0 atom stereocenters. The van der Waals surface area contributed by atoms with E-state index in [1.54, 1.807) is 12.1 Å². The number of hydroxylamine groups is 2. The van der Waals surface area contributed by atoms with E-state index in [0.717, 1.165) is 22.0 Å². The maximum Gasteiger partial charge on any atom is 0.337 e. The van der Waals surface area contributed by atoms with Crippen LogP contribution in [0.25, 0.3) is 33.4 Å². The maximum atomic E-state index is 12.5. The number of carbonyl (C=O) groups excluding carboxylic acids is 3. The number of hydrogen-bond acceptors (Lipinski definition) is 7. The lowest BCUT2D eigenvalue weighted by atomic mass is 9.89. The van der Waals surface area contributed by atoms with Gasteiger partial charge in [-0.05, 0) is 35.4 Å². The first-order valence-electron chi connectivity index (χ1n) is 12.6. The van der Waals surface area contributed by atoms with Crippen LogP contribution in [0.5, 0.6) is 0 Å². The Morgan fingerprint density at radius 1 is 0.975 bits per heavy atom. The van der Waals surface area contributed by atoms with Crippen LogP contribution in [0.3, 0.4) is 0 Å². The molecule has 1 fully saturated rings. The molecule has 2 heterocycles. The van der Waals surface area contributed by atoms with Gasteiger partial charge in [0.15, 0.2) is 0 Å². The SMILES string of the molecule is CN(C)c1ccc2c(-c3ccc(CC(=O)ON4C(=O)CCC4=O)cc3C(=O)O)c3ccc(=[N+](C)C)cc-3oc2c1. The Labute approximate surface area is 229 Å². The van der Waals surface area contributed by atoms with E-state index in [-0.39, 0.29) is 24.8 Å². The van der Waals surface area contributed by atoms with E-state index < -0.39 is 23.8 Å². The molecule has 0 bridgehead atoms.